The van der Waals surface area contributed by atoms with E-state index in [0.717, 1.165) is 56.5 Å². The summed E-state index contributed by atoms with van der Waals surface area (Å²) in [4.78, 5) is 7.04. The zero-order chi connectivity index (χ0) is 73.9. The van der Waals surface area contributed by atoms with Crippen LogP contribution in [0.1, 0.15) is 121 Å². The van der Waals surface area contributed by atoms with Crippen LogP contribution in [0.25, 0.3) is 65.9 Å². The van der Waals surface area contributed by atoms with Gasteiger partial charge in [-0.05, 0) is 276 Å². The second kappa shape index (κ2) is 28.0. The second-order valence-corrected chi connectivity index (χ2v) is 29.8. The van der Waals surface area contributed by atoms with E-state index in [1.165, 1.54) is 133 Å². The van der Waals surface area contributed by atoms with Crippen molar-refractivity contribution in [3.05, 3.63) is 339 Å². The van der Waals surface area contributed by atoms with Crippen LogP contribution in [-0.2, 0) is 24.9 Å². The number of fused-ring (bicyclic) bond motifs is 12. The van der Waals surface area contributed by atoms with Gasteiger partial charge in [-0.15, -0.1) is 17.8 Å². The molecule has 15 aromatic rings. The first-order chi connectivity index (χ1) is 51.2. The maximum Gasteiger partial charge on any atom is 0.0509 e. The highest BCUT2D eigenvalue weighted by Crippen LogP contribution is 2.54. The van der Waals surface area contributed by atoms with Gasteiger partial charge in [-0.3, -0.25) is 0 Å². The van der Waals surface area contributed by atoms with E-state index < -0.39 is 0 Å². The predicted molar refractivity (Wildman–Crippen MR) is 453 cm³/mol. The van der Waals surface area contributed by atoms with Crippen LogP contribution >= 0.6 is 0 Å². The molecule has 5 heteroatoms. The van der Waals surface area contributed by atoms with Crippen LogP contribution in [-0.4, -0.2) is 9.13 Å². The molecule has 2 aliphatic carbocycles. The quantitative estimate of drug-likeness (QED) is 0.134. The average molecular weight is 1370 g/mol. The molecule has 0 radical (unpaired) electrons. The van der Waals surface area contributed by atoms with Crippen molar-refractivity contribution in [2.75, 3.05) is 14.7 Å². The SMILES string of the molecule is CC#Cc1ccc(N(c2ccc(C)cc2)c2ccc(C)cc2)cc1.CC#Cc1ccc(N(c2ccc3c(c2)C(C)(C)c2cc(C)ccc2-3)c2ccc3c(c2)C(C)(C)c2cc(C)ccc2-3)cc1.CC#Cc1ccc(N(c2ccc3c4ccc(C)cc4n(C)c3c2)c2ccc3c4ccc(C)cc4n(C)c3c2)cc1. The van der Waals surface area contributed by atoms with Gasteiger partial charge in [0.1, 0.15) is 0 Å². The van der Waals surface area contributed by atoms with E-state index in [4.69, 9.17) is 0 Å². The third kappa shape index (κ3) is 12.8. The normalized spacial score (nSPS) is 12.4. The van der Waals surface area contributed by atoms with Gasteiger partial charge in [-0.1, -0.05) is 177 Å². The number of anilines is 9. The lowest BCUT2D eigenvalue weighted by atomic mass is 9.81. The van der Waals surface area contributed by atoms with Crippen molar-refractivity contribution in [3.8, 4) is 57.8 Å². The molecule has 13 aromatic carbocycles. The van der Waals surface area contributed by atoms with Gasteiger partial charge >= 0.3 is 0 Å². The summed E-state index contributed by atoms with van der Waals surface area (Å²) in [5.41, 5.74) is 36.8. The van der Waals surface area contributed by atoms with Crippen molar-refractivity contribution in [2.45, 2.75) is 101 Å². The van der Waals surface area contributed by atoms with Gasteiger partial charge < -0.3 is 23.8 Å². The first kappa shape index (κ1) is 69.3. The van der Waals surface area contributed by atoms with Gasteiger partial charge in [0.15, 0.2) is 0 Å². The number of nitrogens with zero attached hydrogens (tertiary/aromatic N) is 5. The van der Waals surface area contributed by atoms with Crippen molar-refractivity contribution in [1.29, 1.82) is 0 Å². The minimum Gasteiger partial charge on any atom is -0.344 e. The molecule has 0 saturated carbocycles. The fourth-order valence-electron chi connectivity index (χ4n) is 16.1. The Morgan fingerprint density at radius 3 is 0.774 bits per heavy atom. The van der Waals surface area contributed by atoms with Crippen molar-refractivity contribution < 1.29 is 0 Å². The van der Waals surface area contributed by atoms with Gasteiger partial charge in [0, 0.05) is 125 Å². The average Bonchev–Trinajstić information content (AvgIpc) is 1.52. The number of benzene rings is 13. The number of hydrogen-bond acceptors (Lipinski definition) is 3. The third-order valence-electron chi connectivity index (χ3n) is 21.7. The number of aryl methyl sites for hydroxylation is 8. The summed E-state index contributed by atoms with van der Waals surface area (Å²) in [5.74, 6) is 18.5. The lowest BCUT2D eigenvalue weighted by Gasteiger charge is -2.29. The van der Waals surface area contributed by atoms with Crippen LogP contribution in [0.5, 0.6) is 0 Å². The van der Waals surface area contributed by atoms with E-state index in [0.29, 0.717) is 0 Å². The third-order valence-corrected chi connectivity index (χ3v) is 21.7. The molecular formula is C101H89N5. The highest BCUT2D eigenvalue weighted by Gasteiger charge is 2.38. The Bertz CT molecular complexity index is 5850. The summed E-state index contributed by atoms with van der Waals surface area (Å²) in [7, 11) is 4.33. The van der Waals surface area contributed by atoms with Crippen LogP contribution in [0.15, 0.2) is 267 Å². The maximum absolute atomic E-state index is 3.20. The van der Waals surface area contributed by atoms with E-state index in [-0.39, 0.29) is 10.8 Å². The van der Waals surface area contributed by atoms with Gasteiger partial charge in [0.05, 0.1) is 11.0 Å². The monoisotopic (exact) mass is 1370 g/mol. The van der Waals surface area contributed by atoms with Crippen LogP contribution in [0.2, 0.25) is 0 Å². The predicted octanol–water partition coefficient (Wildman–Crippen LogP) is 26.3. The highest BCUT2D eigenvalue weighted by atomic mass is 15.2. The maximum atomic E-state index is 3.20. The molecule has 0 amide bonds. The first-order valence-electron chi connectivity index (χ1n) is 36.8. The Hall–Kier alpha value is -12.5. The molecule has 17 rings (SSSR count). The topological polar surface area (TPSA) is 19.6 Å². The van der Waals surface area contributed by atoms with Crippen LogP contribution in [0, 0.1) is 77.1 Å². The van der Waals surface area contributed by atoms with Gasteiger partial charge in [0.25, 0.3) is 0 Å². The number of rotatable bonds is 9. The Kier molecular flexibility index (Phi) is 18.3. The molecule has 0 fully saturated rings. The Labute approximate surface area is 626 Å². The molecule has 5 nitrogen and oxygen atoms in total. The smallest absolute Gasteiger partial charge is 0.0509 e. The van der Waals surface area contributed by atoms with Crippen molar-refractivity contribution in [3.63, 3.8) is 0 Å². The summed E-state index contributed by atoms with van der Waals surface area (Å²) in [5, 5.41) is 5.12. The molecule has 518 valence electrons. The van der Waals surface area contributed by atoms with Crippen LogP contribution in [0.3, 0.4) is 0 Å². The van der Waals surface area contributed by atoms with E-state index >= 15 is 0 Å². The van der Waals surface area contributed by atoms with E-state index in [1.54, 1.807) is 0 Å². The van der Waals surface area contributed by atoms with Gasteiger partial charge in [0.2, 0.25) is 0 Å². The molecule has 0 bridgehead atoms. The zero-order valence-electron chi connectivity index (χ0n) is 63.6. The minimum absolute atomic E-state index is 0.0711. The largest absolute Gasteiger partial charge is 0.344 e. The van der Waals surface area contributed by atoms with Crippen LogP contribution in [0.4, 0.5) is 51.2 Å². The zero-order valence-corrected chi connectivity index (χ0v) is 63.6. The molecule has 0 unspecified atom stereocenters. The molecule has 0 saturated heterocycles. The second-order valence-electron chi connectivity index (χ2n) is 29.8. The lowest BCUT2D eigenvalue weighted by Crippen LogP contribution is -2.18. The molecular weight excluding hydrogens is 1280 g/mol. The fraction of sp³-hybridized carbons (Fsp3) is 0.168. The van der Waals surface area contributed by atoms with Crippen molar-refractivity contribution in [1.82, 2.24) is 9.13 Å². The molecule has 0 spiro atoms. The van der Waals surface area contributed by atoms with Gasteiger partial charge in [-0.25, -0.2) is 0 Å². The van der Waals surface area contributed by atoms with Crippen molar-refractivity contribution >= 4 is 94.8 Å². The van der Waals surface area contributed by atoms with E-state index in [2.05, 4.69) is 410 Å². The minimum atomic E-state index is -0.0711. The summed E-state index contributed by atoms with van der Waals surface area (Å²) in [6.07, 6.45) is 0. The Morgan fingerprint density at radius 1 is 0.236 bits per heavy atom. The Morgan fingerprint density at radius 2 is 0.453 bits per heavy atom. The van der Waals surface area contributed by atoms with Crippen LogP contribution < -0.4 is 14.7 Å². The lowest BCUT2D eigenvalue weighted by molar-refractivity contribution is 0.659. The molecule has 0 aliphatic heterocycles. The summed E-state index contributed by atoms with van der Waals surface area (Å²) >= 11 is 0. The standard InChI is InChI=1S/C41H37N.C37H31N3.C23H21N/c1-8-9-28-12-14-29(15-13-28)42(30-16-20-34-32-18-10-26(2)22-36(32)40(4,5)38(34)24-30)31-17-21-35-33-19-11-27(3)23-37(33)41(6,7)39(35)25-31;1-6-7-26-10-12-27(13-11-26)40(28-14-18-32-30-16-8-24(2)20-34(30)38(4)36(32)22-28)29-15-19-33-31-17-9-25(3)21-35(31)39(5)37(33)23-29;1-4-5-20-10-16-23(17-11-20)24(21-12-6-18(2)7-13-21)22-14-8-19(3)9-15-22/h10-25H,1-7H3;8-23H,1-5H3;6-17H,1-3H3. The summed E-state index contributed by atoms with van der Waals surface area (Å²) in [6.45, 7) is 28.0. The summed E-state index contributed by atoms with van der Waals surface area (Å²) < 4.78 is 4.63. The Balaban J connectivity index is 0.000000132. The molecule has 2 heterocycles. The number of hydrogen-bond donors (Lipinski definition) is 0. The van der Waals surface area contributed by atoms with E-state index in [1.807, 2.05) is 20.8 Å². The highest BCUT2D eigenvalue weighted by molar-refractivity contribution is 6.11. The van der Waals surface area contributed by atoms with E-state index in [9.17, 15) is 0 Å². The number of aromatic nitrogens is 2. The fourth-order valence-corrected chi connectivity index (χ4v) is 16.1. The molecule has 106 heavy (non-hydrogen) atoms. The molecule has 2 aromatic heterocycles. The molecule has 2 aliphatic rings. The molecule has 0 atom stereocenters. The first-order valence-corrected chi connectivity index (χ1v) is 36.8. The molecule has 0 N–H and O–H groups in total. The van der Waals surface area contributed by atoms with Crippen molar-refractivity contribution in [2.24, 2.45) is 14.1 Å². The summed E-state index contributed by atoms with van der Waals surface area (Å²) in [6, 6.07) is 97.8. The van der Waals surface area contributed by atoms with Gasteiger partial charge in [-0.2, -0.15) is 0 Å².